The van der Waals surface area contributed by atoms with E-state index >= 15 is 0 Å². The Hall–Kier alpha value is -2.58. The van der Waals surface area contributed by atoms with Crippen molar-refractivity contribution in [1.29, 1.82) is 0 Å². The van der Waals surface area contributed by atoms with E-state index in [4.69, 9.17) is 0 Å². The molecule has 2 N–H and O–H groups in total. The van der Waals surface area contributed by atoms with E-state index in [1.165, 1.54) is 0 Å². The number of carbonyl (C=O) groups is 1. The Kier molecular flexibility index (Phi) is 10.7. The first-order valence-electron chi connectivity index (χ1n) is 10.1. The summed E-state index contributed by atoms with van der Waals surface area (Å²) in [5, 5.41) is 14.9. The van der Waals surface area contributed by atoms with Gasteiger partial charge in [0.1, 0.15) is 0 Å². The van der Waals surface area contributed by atoms with Gasteiger partial charge in [-0.2, -0.15) is 17.5 Å². The number of aliphatic hydroxyl groups is 1. The average molecular weight is 431 g/mol. The number of aliphatic hydroxyl groups excluding tert-OH is 1. The number of thiol groups is 1. The minimum atomic E-state index is 0.0222. The predicted octanol–water partition coefficient (Wildman–Crippen LogP) is 3.05. The lowest BCUT2D eigenvalue weighted by molar-refractivity contribution is -0.121. The Morgan fingerprint density at radius 3 is 2.70 bits per heavy atom. The Labute approximate surface area is 183 Å². The van der Waals surface area contributed by atoms with Gasteiger partial charge in [0.15, 0.2) is 0 Å². The number of hydrogen-bond donors (Lipinski definition) is 3. The summed E-state index contributed by atoms with van der Waals surface area (Å²) in [6.07, 6.45) is 7.39. The quantitative estimate of drug-likeness (QED) is 0.318. The lowest BCUT2D eigenvalue weighted by Gasteiger charge is -2.22. The van der Waals surface area contributed by atoms with E-state index < -0.39 is 0 Å². The molecule has 0 unspecified atom stereocenters. The summed E-state index contributed by atoms with van der Waals surface area (Å²) in [5.74, 6) is 0.710. The molecule has 162 valence electrons. The van der Waals surface area contributed by atoms with Gasteiger partial charge < -0.3 is 19.9 Å². The molecule has 0 aliphatic carbocycles. The molecule has 1 amide bonds. The van der Waals surface area contributed by atoms with Crippen LogP contribution in [0.3, 0.4) is 0 Å². The Balaban J connectivity index is 1.92. The molecule has 1 aromatic carbocycles. The highest BCUT2D eigenvalue weighted by Gasteiger charge is 2.06. The molecule has 0 spiro atoms. The van der Waals surface area contributed by atoms with Gasteiger partial charge >= 0.3 is 0 Å². The number of anilines is 1. The normalized spacial score (nSPS) is 11.0. The molecule has 0 radical (unpaired) electrons. The molecular weight excluding hydrogens is 400 g/mol. The van der Waals surface area contributed by atoms with Gasteiger partial charge in [-0.3, -0.25) is 4.79 Å². The van der Waals surface area contributed by atoms with E-state index in [0.29, 0.717) is 31.8 Å². The molecule has 1 heterocycles. The van der Waals surface area contributed by atoms with Gasteiger partial charge in [-0.15, -0.1) is 0 Å². The van der Waals surface area contributed by atoms with Crippen molar-refractivity contribution in [3.05, 3.63) is 58.8 Å². The van der Waals surface area contributed by atoms with Crippen molar-refractivity contribution in [3.63, 3.8) is 0 Å². The second-order valence-corrected chi connectivity index (χ2v) is 7.24. The summed E-state index contributed by atoms with van der Waals surface area (Å²) in [6, 6.07) is 12.0. The number of aryl methyl sites for hydroxylation is 1. The van der Waals surface area contributed by atoms with Gasteiger partial charge in [-0.05, 0) is 42.3 Å². The van der Waals surface area contributed by atoms with Crippen molar-refractivity contribution in [1.82, 2.24) is 9.88 Å². The molecule has 7 nitrogen and oxygen atoms in total. The zero-order chi connectivity index (χ0) is 21.6. The van der Waals surface area contributed by atoms with Crippen molar-refractivity contribution < 1.29 is 9.90 Å². The number of benzene rings is 1. The largest absolute Gasteiger partial charge is 0.395 e. The Bertz CT molecular complexity index is 805. The first kappa shape index (κ1) is 23.7. The maximum absolute atomic E-state index is 11.7. The summed E-state index contributed by atoms with van der Waals surface area (Å²) < 4.78 is 2.13. The number of amides is 1. The van der Waals surface area contributed by atoms with E-state index in [1.807, 2.05) is 53.6 Å². The molecule has 1 aromatic heterocycles. The van der Waals surface area contributed by atoms with Crippen LogP contribution in [0.2, 0.25) is 0 Å². The zero-order valence-electron chi connectivity index (χ0n) is 17.1. The molecule has 0 atom stereocenters. The van der Waals surface area contributed by atoms with Crippen LogP contribution in [0.4, 0.5) is 5.69 Å². The molecular formula is C22H30N4O3S. The molecule has 0 bridgehead atoms. The topological polar surface area (TPSA) is 86.9 Å². The fraction of sp³-hybridized carbons (Fsp3) is 0.409. The van der Waals surface area contributed by atoms with Crippen molar-refractivity contribution in [3.8, 4) is 0 Å². The Morgan fingerprint density at radius 1 is 1.20 bits per heavy atom. The zero-order valence-corrected chi connectivity index (χ0v) is 18.0. The van der Waals surface area contributed by atoms with Gasteiger partial charge in [0.25, 0.3) is 0 Å². The van der Waals surface area contributed by atoms with Crippen molar-refractivity contribution in [2.45, 2.75) is 19.4 Å². The van der Waals surface area contributed by atoms with E-state index in [0.717, 1.165) is 29.9 Å². The summed E-state index contributed by atoms with van der Waals surface area (Å²) in [7, 11) is 0. The van der Waals surface area contributed by atoms with Gasteiger partial charge in [0.2, 0.25) is 5.91 Å². The minimum Gasteiger partial charge on any atom is -0.395 e. The number of hydrogen-bond acceptors (Lipinski definition) is 6. The number of rotatable bonds is 14. The van der Waals surface area contributed by atoms with Crippen LogP contribution in [0, 0.1) is 4.91 Å². The first-order valence-corrected chi connectivity index (χ1v) is 10.8. The van der Waals surface area contributed by atoms with Crippen LogP contribution >= 0.6 is 12.6 Å². The third kappa shape index (κ3) is 8.04. The van der Waals surface area contributed by atoms with E-state index in [9.17, 15) is 14.8 Å². The Morgan fingerprint density at radius 2 is 2.00 bits per heavy atom. The van der Waals surface area contributed by atoms with Gasteiger partial charge in [-0.25, -0.2) is 0 Å². The summed E-state index contributed by atoms with van der Waals surface area (Å²) in [4.78, 5) is 24.0. The molecule has 2 rings (SSSR count). The van der Waals surface area contributed by atoms with Gasteiger partial charge in [0, 0.05) is 55.9 Å². The SMILES string of the molecule is O=NCCN(CCO)c1ccc(/C=C/c2cccn2CCCC(=O)NCCS)cc1. The van der Waals surface area contributed by atoms with Crippen LogP contribution in [0.15, 0.2) is 47.8 Å². The van der Waals surface area contributed by atoms with Gasteiger partial charge in [0.05, 0.1) is 13.2 Å². The summed E-state index contributed by atoms with van der Waals surface area (Å²) >= 11 is 4.09. The van der Waals surface area contributed by atoms with E-state index in [-0.39, 0.29) is 19.1 Å². The minimum absolute atomic E-state index is 0.0222. The molecule has 2 aromatic rings. The maximum atomic E-state index is 11.7. The molecule has 0 aliphatic rings. The lowest BCUT2D eigenvalue weighted by atomic mass is 10.1. The third-order valence-electron chi connectivity index (χ3n) is 4.64. The van der Waals surface area contributed by atoms with Crippen molar-refractivity contribution >= 4 is 36.4 Å². The van der Waals surface area contributed by atoms with Crippen molar-refractivity contribution in [2.24, 2.45) is 5.18 Å². The van der Waals surface area contributed by atoms with Crippen LogP contribution in [0.25, 0.3) is 12.2 Å². The number of nitrogens with zero attached hydrogens (tertiary/aromatic N) is 3. The highest BCUT2D eigenvalue weighted by atomic mass is 32.1. The monoisotopic (exact) mass is 430 g/mol. The maximum Gasteiger partial charge on any atom is 0.220 e. The highest BCUT2D eigenvalue weighted by molar-refractivity contribution is 7.80. The molecule has 8 heteroatoms. The molecule has 0 saturated carbocycles. The van der Waals surface area contributed by atoms with E-state index in [2.05, 4.69) is 33.8 Å². The lowest BCUT2D eigenvalue weighted by Crippen LogP contribution is -2.29. The fourth-order valence-corrected chi connectivity index (χ4v) is 3.22. The fourth-order valence-electron chi connectivity index (χ4n) is 3.11. The van der Waals surface area contributed by atoms with Crippen LogP contribution in [-0.4, -0.2) is 54.1 Å². The van der Waals surface area contributed by atoms with Crippen LogP contribution < -0.4 is 10.2 Å². The average Bonchev–Trinajstić information content (AvgIpc) is 3.21. The van der Waals surface area contributed by atoms with Crippen LogP contribution in [0.5, 0.6) is 0 Å². The number of aromatic nitrogens is 1. The number of carbonyl (C=O) groups excluding carboxylic acids is 1. The second kappa shape index (κ2) is 13.6. The first-order chi connectivity index (χ1) is 14.7. The number of nitroso groups, excluding NO2 is 1. The highest BCUT2D eigenvalue weighted by Crippen LogP contribution is 2.17. The third-order valence-corrected chi connectivity index (χ3v) is 4.86. The second-order valence-electron chi connectivity index (χ2n) is 6.79. The molecule has 30 heavy (non-hydrogen) atoms. The summed E-state index contributed by atoms with van der Waals surface area (Å²) in [5.41, 5.74) is 3.08. The van der Waals surface area contributed by atoms with E-state index in [1.54, 1.807) is 0 Å². The molecule has 0 aliphatic heterocycles. The standard InChI is InChI=1S/C22H30N4O3S/c27-17-16-26(15-11-24-29)21-9-6-19(7-10-21)5-8-20-3-1-13-25(20)14-2-4-22(28)23-12-18-30/h1,3,5-10,13,27,30H,2,4,11-12,14-18H2,(H,23,28)/b8-5+. The molecule has 0 fully saturated rings. The van der Waals surface area contributed by atoms with Crippen LogP contribution in [-0.2, 0) is 11.3 Å². The van der Waals surface area contributed by atoms with Crippen LogP contribution in [0.1, 0.15) is 24.1 Å². The molecule has 0 saturated heterocycles. The number of nitrogens with one attached hydrogen (secondary N) is 1. The predicted molar refractivity (Wildman–Crippen MR) is 126 cm³/mol. The van der Waals surface area contributed by atoms with Gasteiger partial charge in [-0.1, -0.05) is 23.4 Å². The summed E-state index contributed by atoms with van der Waals surface area (Å²) in [6.45, 7) is 2.54. The van der Waals surface area contributed by atoms with Crippen molar-refractivity contribution in [2.75, 3.05) is 43.4 Å². The smallest absolute Gasteiger partial charge is 0.220 e.